The summed E-state index contributed by atoms with van der Waals surface area (Å²) in [5, 5.41) is 0. The van der Waals surface area contributed by atoms with E-state index in [2.05, 4.69) is 4.98 Å². The highest BCUT2D eigenvalue weighted by Crippen LogP contribution is 2.35. The number of carbonyl (C=O) groups is 3. The molecule has 0 fully saturated rings. The third-order valence-corrected chi connectivity index (χ3v) is 4.13. The molecule has 1 aliphatic heterocycles. The average molecular weight is 328 g/mol. The van der Waals surface area contributed by atoms with E-state index in [4.69, 9.17) is 0 Å². The summed E-state index contributed by atoms with van der Waals surface area (Å²) in [5.74, 6) is -0.804. The summed E-state index contributed by atoms with van der Waals surface area (Å²) in [6, 6.07) is 17.0. The van der Waals surface area contributed by atoms with Gasteiger partial charge < -0.3 is 0 Å². The van der Waals surface area contributed by atoms with Crippen LogP contribution in [-0.2, 0) is 0 Å². The molecule has 0 saturated heterocycles. The van der Waals surface area contributed by atoms with E-state index in [-0.39, 0.29) is 0 Å². The van der Waals surface area contributed by atoms with Crippen LogP contribution in [0.5, 0.6) is 0 Å². The lowest BCUT2D eigenvalue weighted by Gasteiger charge is -2.18. The van der Waals surface area contributed by atoms with Gasteiger partial charge in [0.25, 0.3) is 11.8 Å². The first kappa shape index (κ1) is 15.0. The van der Waals surface area contributed by atoms with Gasteiger partial charge in [0, 0.05) is 17.3 Å². The van der Waals surface area contributed by atoms with Gasteiger partial charge in [-0.15, -0.1) is 0 Å². The Hall–Kier alpha value is -3.60. The summed E-state index contributed by atoms with van der Waals surface area (Å²) >= 11 is 0. The molecule has 0 radical (unpaired) electrons. The average Bonchev–Trinajstić information content (AvgIpc) is 2.93. The number of pyridine rings is 1. The third kappa shape index (κ3) is 2.33. The zero-order valence-corrected chi connectivity index (χ0v) is 13.0. The van der Waals surface area contributed by atoms with E-state index in [0.717, 1.165) is 4.90 Å². The highest BCUT2D eigenvalue weighted by atomic mass is 16.2. The molecule has 0 unspecified atom stereocenters. The Morgan fingerprint density at radius 3 is 2.08 bits per heavy atom. The standard InChI is InChI=1S/C20H12N2O3/c23-12-13-8-9-16(17-7-3-4-10-21-17)18(11-13)22-19(24)14-5-1-2-6-15(14)20(22)25/h1-12H. The van der Waals surface area contributed by atoms with Gasteiger partial charge in [-0.1, -0.05) is 24.3 Å². The molecule has 4 rings (SSSR count). The number of rotatable bonds is 3. The first-order chi connectivity index (χ1) is 12.2. The first-order valence-electron chi connectivity index (χ1n) is 7.69. The zero-order chi connectivity index (χ0) is 17.4. The van der Waals surface area contributed by atoms with Crippen LogP contribution in [0.2, 0.25) is 0 Å². The van der Waals surface area contributed by atoms with Crippen LogP contribution < -0.4 is 4.90 Å². The Kier molecular flexibility index (Phi) is 3.47. The molecule has 25 heavy (non-hydrogen) atoms. The number of anilines is 1. The molecule has 2 heterocycles. The second kappa shape index (κ2) is 5.79. The van der Waals surface area contributed by atoms with E-state index in [9.17, 15) is 14.4 Å². The molecule has 0 saturated carbocycles. The van der Waals surface area contributed by atoms with Crippen LogP contribution in [0.25, 0.3) is 11.3 Å². The number of carbonyl (C=O) groups excluding carboxylic acids is 3. The molecule has 1 aromatic heterocycles. The second-order valence-corrected chi connectivity index (χ2v) is 5.60. The number of aldehydes is 1. The summed E-state index contributed by atoms with van der Waals surface area (Å²) in [5.41, 5.74) is 2.68. The number of hydrogen-bond donors (Lipinski definition) is 0. The molecular weight excluding hydrogens is 316 g/mol. The quantitative estimate of drug-likeness (QED) is 0.546. The van der Waals surface area contributed by atoms with Crippen LogP contribution in [-0.4, -0.2) is 23.1 Å². The minimum atomic E-state index is -0.402. The Bertz CT molecular complexity index is 977. The fourth-order valence-electron chi connectivity index (χ4n) is 2.95. The highest BCUT2D eigenvalue weighted by Gasteiger charge is 2.37. The van der Waals surface area contributed by atoms with E-state index in [0.29, 0.717) is 39.9 Å². The second-order valence-electron chi connectivity index (χ2n) is 5.60. The lowest BCUT2D eigenvalue weighted by molar-refractivity contribution is 0.0925. The molecule has 0 bridgehead atoms. The lowest BCUT2D eigenvalue weighted by Crippen LogP contribution is -2.30. The molecule has 120 valence electrons. The van der Waals surface area contributed by atoms with Crippen molar-refractivity contribution in [2.75, 3.05) is 4.90 Å². The van der Waals surface area contributed by atoms with Crippen molar-refractivity contribution in [2.45, 2.75) is 0 Å². The van der Waals surface area contributed by atoms with Crippen LogP contribution in [0.15, 0.2) is 66.9 Å². The number of aromatic nitrogens is 1. The van der Waals surface area contributed by atoms with Crippen molar-refractivity contribution >= 4 is 23.8 Å². The van der Waals surface area contributed by atoms with Crippen molar-refractivity contribution in [3.05, 3.63) is 83.6 Å². The summed E-state index contributed by atoms with van der Waals surface area (Å²) < 4.78 is 0. The highest BCUT2D eigenvalue weighted by molar-refractivity contribution is 6.35. The minimum Gasteiger partial charge on any atom is -0.298 e. The van der Waals surface area contributed by atoms with Gasteiger partial charge in [-0.25, -0.2) is 4.90 Å². The largest absolute Gasteiger partial charge is 0.298 e. The first-order valence-corrected chi connectivity index (χ1v) is 7.69. The van der Waals surface area contributed by atoms with Gasteiger partial charge in [0.15, 0.2) is 0 Å². The fraction of sp³-hybridized carbons (Fsp3) is 0. The van der Waals surface area contributed by atoms with E-state index < -0.39 is 11.8 Å². The van der Waals surface area contributed by atoms with Crippen LogP contribution in [0.4, 0.5) is 5.69 Å². The predicted molar refractivity (Wildman–Crippen MR) is 92.6 cm³/mol. The summed E-state index contributed by atoms with van der Waals surface area (Å²) in [6.07, 6.45) is 2.32. The van der Waals surface area contributed by atoms with Gasteiger partial charge in [0.2, 0.25) is 0 Å². The SMILES string of the molecule is O=Cc1ccc(-c2ccccn2)c(N2C(=O)c3ccccc3C2=O)c1. The maximum atomic E-state index is 12.8. The van der Waals surface area contributed by atoms with Gasteiger partial charge in [-0.3, -0.25) is 19.4 Å². The van der Waals surface area contributed by atoms with Gasteiger partial charge in [0.1, 0.15) is 6.29 Å². The smallest absolute Gasteiger partial charge is 0.266 e. The van der Waals surface area contributed by atoms with Gasteiger partial charge >= 0.3 is 0 Å². The van der Waals surface area contributed by atoms with Gasteiger partial charge in [-0.05, 0) is 36.4 Å². The van der Waals surface area contributed by atoms with E-state index in [1.807, 2.05) is 6.07 Å². The van der Waals surface area contributed by atoms with Crippen molar-refractivity contribution in [1.82, 2.24) is 4.98 Å². The molecule has 0 spiro atoms. The van der Waals surface area contributed by atoms with Crippen molar-refractivity contribution in [2.24, 2.45) is 0 Å². The molecule has 3 aromatic rings. The van der Waals surface area contributed by atoms with Crippen LogP contribution >= 0.6 is 0 Å². The Balaban J connectivity index is 1.92. The number of hydrogen-bond acceptors (Lipinski definition) is 4. The molecule has 0 atom stereocenters. The monoisotopic (exact) mass is 328 g/mol. The molecule has 5 nitrogen and oxygen atoms in total. The van der Waals surface area contributed by atoms with Crippen molar-refractivity contribution < 1.29 is 14.4 Å². The number of amides is 2. The molecule has 5 heteroatoms. The van der Waals surface area contributed by atoms with Gasteiger partial charge in [0.05, 0.1) is 22.5 Å². The van der Waals surface area contributed by atoms with Crippen molar-refractivity contribution in [1.29, 1.82) is 0 Å². The zero-order valence-electron chi connectivity index (χ0n) is 13.0. The summed E-state index contributed by atoms with van der Waals surface area (Å²) in [6.45, 7) is 0. The number of benzene rings is 2. The molecular formula is C20H12N2O3. The Labute approximate surface area is 143 Å². The fourth-order valence-corrected chi connectivity index (χ4v) is 2.95. The van der Waals surface area contributed by atoms with Gasteiger partial charge in [-0.2, -0.15) is 0 Å². The van der Waals surface area contributed by atoms with E-state index in [1.54, 1.807) is 60.8 Å². The predicted octanol–water partition coefficient (Wildman–Crippen LogP) is 3.36. The normalized spacial score (nSPS) is 13.0. The van der Waals surface area contributed by atoms with Crippen LogP contribution in [0, 0.1) is 0 Å². The Morgan fingerprint density at radius 2 is 1.48 bits per heavy atom. The topological polar surface area (TPSA) is 67.3 Å². The molecule has 1 aliphatic rings. The Morgan fingerprint density at radius 1 is 0.800 bits per heavy atom. The van der Waals surface area contributed by atoms with Crippen molar-refractivity contribution in [3.63, 3.8) is 0 Å². The molecule has 0 N–H and O–H groups in total. The van der Waals surface area contributed by atoms with Crippen LogP contribution in [0.3, 0.4) is 0 Å². The van der Waals surface area contributed by atoms with E-state index in [1.165, 1.54) is 0 Å². The minimum absolute atomic E-state index is 0.356. The molecule has 2 aromatic carbocycles. The van der Waals surface area contributed by atoms with Crippen molar-refractivity contribution in [3.8, 4) is 11.3 Å². The summed E-state index contributed by atoms with van der Waals surface area (Å²) in [4.78, 5) is 42.2. The third-order valence-electron chi connectivity index (χ3n) is 4.13. The maximum absolute atomic E-state index is 12.8. The number of imide groups is 1. The number of nitrogens with zero attached hydrogens (tertiary/aromatic N) is 2. The summed E-state index contributed by atoms with van der Waals surface area (Å²) in [7, 11) is 0. The maximum Gasteiger partial charge on any atom is 0.266 e. The lowest BCUT2D eigenvalue weighted by atomic mass is 10.0. The molecule has 2 amide bonds. The number of fused-ring (bicyclic) bond motifs is 1. The van der Waals surface area contributed by atoms with Crippen LogP contribution in [0.1, 0.15) is 31.1 Å². The molecule has 0 aliphatic carbocycles. The van der Waals surface area contributed by atoms with E-state index >= 15 is 0 Å².